The number of hydrogen-bond donors (Lipinski definition) is 0. The average Bonchev–Trinajstić information content (AvgIpc) is 2.41. The molecule has 1 atom stereocenters. The third-order valence-electron chi connectivity index (χ3n) is 3.52. The first-order valence-electron chi connectivity index (χ1n) is 7.01. The van der Waals surface area contributed by atoms with Crippen LogP contribution >= 0.6 is 0 Å². The number of rotatable bonds is 3. The maximum atomic E-state index is 12.6. The van der Waals surface area contributed by atoms with Crippen LogP contribution < -0.4 is 0 Å². The molecule has 0 unspecified atom stereocenters. The Morgan fingerprint density at radius 1 is 1.38 bits per heavy atom. The summed E-state index contributed by atoms with van der Waals surface area (Å²) in [5, 5.41) is 0. The number of benzene rings is 1. The molecule has 21 heavy (non-hydrogen) atoms. The quantitative estimate of drug-likeness (QED) is 0.633. The van der Waals surface area contributed by atoms with Crippen molar-refractivity contribution in [2.24, 2.45) is 0 Å². The van der Waals surface area contributed by atoms with E-state index in [0.717, 1.165) is 5.56 Å². The van der Waals surface area contributed by atoms with E-state index in [-0.39, 0.29) is 5.91 Å². The summed E-state index contributed by atoms with van der Waals surface area (Å²) in [6.07, 6.45) is 1.65. The third kappa shape index (κ3) is 2.84. The lowest BCUT2D eigenvalue weighted by atomic mass is 9.70. The molecule has 0 radical (unpaired) electrons. The Kier molecular flexibility index (Phi) is 3.90. The highest BCUT2D eigenvalue weighted by Gasteiger charge is 2.55. The van der Waals surface area contributed by atoms with Gasteiger partial charge in [0.2, 0.25) is 5.91 Å². The van der Waals surface area contributed by atoms with Crippen LogP contribution in [0.2, 0.25) is 0 Å². The Bertz CT molecular complexity index is 559. The smallest absolute Gasteiger partial charge is 0.417 e. The molecule has 1 aliphatic rings. The van der Waals surface area contributed by atoms with Crippen molar-refractivity contribution in [1.82, 2.24) is 4.90 Å². The standard InChI is InChI=1S/C17H21NO3/c1-5-11-17(13-9-7-6-8-10-13)12-18(14(17)19)15(20)21-16(2,3)4/h5-10H,1,11-12H2,2-4H3/t17-/m1/s1. The molecule has 1 fully saturated rings. The second-order valence-corrected chi connectivity index (χ2v) is 6.31. The van der Waals surface area contributed by atoms with Gasteiger partial charge in [-0.3, -0.25) is 4.79 Å². The Morgan fingerprint density at radius 3 is 2.48 bits per heavy atom. The van der Waals surface area contributed by atoms with Crippen LogP contribution in [0.3, 0.4) is 0 Å². The van der Waals surface area contributed by atoms with E-state index < -0.39 is 17.1 Å². The molecule has 2 rings (SSSR count). The van der Waals surface area contributed by atoms with Crippen molar-refractivity contribution in [2.75, 3.05) is 6.54 Å². The Labute approximate surface area is 125 Å². The first-order valence-corrected chi connectivity index (χ1v) is 7.01. The van der Waals surface area contributed by atoms with E-state index in [2.05, 4.69) is 6.58 Å². The van der Waals surface area contributed by atoms with Crippen molar-refractivity contribution >= 4 is 12.0 Å². The van der Waals surface area contributed by atoms with Gasteiger partial charge in [0.1, 0.15) is 5.60 Å². The maximum Gasteiger partial charge on any atom is 0.417 e. The van der Waals surface area contributed by atoms with Crippen molar-refractivity contribution in [3.8, 4) is 0 Å². The number of nitrogens with zero attached hydrogens (tertiary/aromatic N) is 1. The van der Waals surface area contributed by atoms with Crippen LogP contribution in [0.4, 0.5) is 4.79 Å². The average molecular weight is 287 g/mol. The van der Waals surface area contributed by atoms with Gasteiger partial charge >= 0.3 is 6.09 Å². The predicted octanol–water partition coefficient (Wildman–Crippen LogP) is 3.28. The molecule has 1 heterocycles. The fraction of sp³-hybridized carbons (Fsp3) is 0.412. The van der Waals surface area contributed by atoms with Gasteiger partial charge in [-0.15, -0.1) is 6.58 Å². The molecule has 4 nitrogen and oxygen atoms in total. The van der Waals surface area contributed by atoms with E-state index >= 15 is 0 Å². The second-order valence-electron chi connectivity index (χ2n) is 6.31. The normalized spacial score (nSPS) is 21.7. The van der Waals surface area contributed by atoms with Gasteiger partial charge in [0, 0.05) is 0 Å². The highest BCUT2D eigenvalue weighted by atomic mass is 16.6. The van der Waals surface area contributed by atoms with Crippen molar-refractivity contribution in [2.45, 2.75) is 38.2 Å². The molecule has 0 saturated carbocycles. The van der Waals surface area contributed by atoms with Gasteiger partial charge in [-0.2, -0.15) is 0 Å². The molecule has 0 N–H and O–H groups in total. The van der Waals surface area contributed by atoms with E-state index in [1.165, 1.54) is 4.90 Å². The van der Waals surface area contributed by atoms with Gasteiger partial charge in [0.25, 0.3) is 0 Å². The molecule has 1 aromatic carbocycles. The summed E-state index contributed by atoms with van der Waals surface area (Å²) in [5.41, 5.74) is -0.379. The molecule has 0 bridgehead atoms. The van der Waals surface area contributed by atoms with Crippen LogP contribution in [0.5, 0.6) is 0 Å². The monoisotopic (exact) mass is 287 g/mol. The number of β-lactam (4-membered cyclic amide) rings is 1. The lowest BCUT2D eigenvalue weighted by Gasteiger charge is -2.47. The fourth-order valence-electron chi connectivity index (χ4n) is 2.53. The van der Waals surface area contributed by atoms with Crippen molar-refractivity contribution in [1.29, 1.82) is 0 Å². The zero-order chi connectivity index (χ0) is 15.7. The highest BCUT2D eigenvalue weighted by Crippen LogP contribution is 2.40. The molecule has 1 saturated heterocycles. The number of ether oxygens (including phenoxy) is 1. The summed E-state index contributed by atoms with van der Waals surface area (Å²) in [6.45, 7) is 9.40. The molecule has 0 aliphatic carbocycles. The minimum atomic E-state index is -0.681. The van der Waals surface area contributed by atoms with Gasteiger partial charge in [0.15, 0.2) is 0 Å². The minimum Gasteiger partial charge on any atom is -0.443 e. The number of amides is 2. The largest absolute Gasteiger partial charge is 0.443 e. The molecule has 1 aliphatic heterocycles. The van der Waals surface area contributed by atoms with Crippen molar-refractivity contribution in [3.05, 3.63) is 48.6 Å². The topological polar surface area (TPSA) is 46.6 Å². The molecular formula is C17H21NO3. The predicted molar refractivity (Wildman–Crippen MR) is 80.9 cm³/mol. The second kappa shape index (κ2) is 5.35. The van der Waals surface area contributed by atoms with Gasteiger partial charge in [-0.25, -0.2) is 9.69 Å². The zero-order valence-corrected chi connectivity index (χ0v) is 12.8. The Balaban J connectivity index is 2.20. The molecule has 112 valence electrons. The van der Waals surface area contributed by atoms with Crippen molar-refractivity contribution in [3.63, 3.8) is 0 Å². The number of imide groups is 1. The van der Waals surface area contributed by atoms with Crippen LogP contribution in [0.25, 0.3) is 0 Å². The summed E-state index contributed by atoms with van der Waals surface area (Å²) in [7, 11) is 0. The van der Waals surface area contributed by atoms with Crippen LogP contribution in [0.15, 0.2) is 43.0 Å². The van der Waals surface area contributed by atoms with E-state index in [1.54, 1.807) is 26.8 Å². The molecule has 2 amide bonds. The SMILES string of the molecule is C=CC[C@]1(c2ccccc2)CN(C(=O)OC(C)(C)C)C1=O. The number of allylic oxidation sites excluding steroid dienone is 1. The molecular weight excluding hydrogens is 266 g/mol. The summed E-state index contributed by atoms with van der Waals surface area (Å²) in [5.74, 6) is -0.220. The number of carbonyl (C=O) groups is 2. The number of carbonyl (C=O) groups excluding carboxylic acids is 2. The van der Waals surface area contributed by atoms with Gasteiger partial charge in [-0.1, -0.05) is 36.4 Å². The van der Waals surface area contributed by atoms with E-state index in [1.807, 2.05) is 30.3 Å². The third-order valence-corrected chi connectivity index (χ3v) is 3.52. The van der Waals surface area contributed by atoms with Crippen LogP contribution in [-0.4, -0.2) is 29.0 Å². The fourth-order valence-corrected chi connectivity index (χ4v) is 2.53. The minimum absolute atomic E-state index is 0.220. The van der Waals surface area contributed by atoms with Crippen LogP contribution in [0, 0.1) is 0 Å². The number of hydrogen-bond acceptors (Lipinski definition) is 3. The van der Waals surface area contributed by atoms with Crippen molar-refractivity contribution < 1.29 is 14.3 Å². The van der Waals surface area contributed by atoms with E-state index in [0.29, 0.717) is 13.0 Å². The van der Waals surface area contributed by atoms with Crippen LogP contribution in [-0.2, 0) is 14.9 Å². The Hall–Kier alpha value is -2.10. The summed E-state index contributed by atoms with van der Waals surface area (Å²) in [4.78, 5) is 25.8. The first kappa shape index (κ1) is 15.3. The van der Waals surface area contributed by atoms with Gasteiger partial charge in [-0.05, 0) is 32.8 Å². The lowest BCUT2D eigenvalue weighted by Crippen LogP contribution is -2.66. The van der Waals surface area contributed by atoms with Gasteiger partial charge in [0.05, 0.1) is 12.0 Å². The molecule has 0 aromatic heterocycles. The lowest BCUT2D eigenvalue weighted by molar-refractivity contribution is -0.149. The van der Waals surface area contributed by atoms with Gasteiger partial charge < -0.3 is 4.74 Å². The van der Waals surface area contributed by atoms with E-state index in [9.17, 15) is 9.59 Å². The molecule has 1 aromatic rings. The zero-order valence-electron chi connectivity index (χ0n) is 12.8. The first-order chi connectivity index (χ1) is 9.80. The van der Waals surface area contributed by atoms with E-state index in [4.69, 9.17) is 4.74 Å². The summed E-state index contributed by atoms with van der Waals surface area (Å²) in [6, 6.07) is 9.51. The van der Waals surface area contributed by atoms with Crippen LogP contribution in [0.1, 0.15) is 32.8 Å². The summed E-state index contributed by atoms with van der Waals surface area (Å²) >= 11 is 0. The Morgan fingerprint density at radius 2 is 2.00 bits per heavy atom. The maximum absolute atomic E-state index is 12.6. The highest BCUT2D eigenvalue weighted by molar-refractivity contribution is 6.04. The molecule has 4 heteroatoms. The summed E-state index contributed by atoms with van der Waals surface area (Å²) < 4.78 is 5.26. The molecule has 0 spiro atoms. The number of likely N-dealkylation sites (tertiary alicyclic amines) is 1.